The lowest BCUT2D eigenvalue weighted by Crippen LogP contribution is -2.21. The standard InChI is InChI=1S/C13H16N2O/c1-9-13(16-9)14-7-6-10-8-15-12-5-3-2-4-11(10)12/h2-5,8-9,13-15H,6-7H2,1H3. The van der Waals surface area contributed by atoms with Gasteiger partial charge in [0.2, 0.25) is 0 Å². The molecule has 0 radical (unpaired) electrons. The van der Waals surface area contributed by atoms with Crippen molar-refractivity contribution in [3.05, 3.63) is 36.0 Å². The summed E-state index contributed by atoms with van der Waals surface area (Å²) in [6.07, 6.45) is 3.81. The van der Waals surface area contributed by atoms with Crippen molar-refractivity contribution < 1.29 is 4.74 Å². The second-order valence-corrected chi connectivity index (χ2v) is 4.33. The number of benzene rings is 1. The molecule has 2 aromatic rings. The highest BCUT2D eigenvalue weighted by molar-refractivity contribution is 5.83. The summed E-state index contributed by atoms with van der Waals surface area (Å²) >= 11 is 0. The zero-order valence-corrected chi connectivity index (χ0v) is 9.36. The van der Waals surface area contributed by atoms with Gasteiger partial charge in [0.1, 0.15) is 6.23 Å². The summed E-state index contributed by atoms with van der Waals surface area (Å²) in [5, 5.41) is 4.70. The normalized spacial score (nSPS) is 23.8. The van der Waals surface area contributed by atoms with Crippen molar-refractivity contribution in [1.82, 2.24) is 10.3 Å². The van der Waals surface area contributed by atoms with Crippen LogP contribution in [0.5, 0.6) is 0 Å². The zero-order chi connectivity index (χ0) is 11.0. The zero-order valence-electron chi connectivity index (χ0n) is 9.36. The molecule has 0 saturated carbocycles. The van der Waals surface area contributed by atoms with Crippen molar-refractivity contribution in [3.8, 4) is 0 Å². The van der Waals surface area contributed by atoms with E-state index in [1.165, 1.54) is 16.5 Å². The molecule has 2 atom stereocenters. The van der Waals surface area contributed by atoms with Crippen molar-refractivity contribution in [1.29, 1.82) is 0 Å². The first-order valence-electron chi connectivity index (χ1n) is 5.78. The summed E-state index contributed by atoms with van der Waals surface area (Å²) in [5.74, 6) is 0. The maximum atomic E-state index is 5.30. The van der Waals surface area contributed by atoms with Gasteiger partial charge in [0.25, 0.3) is 0 Å². The largest absolute Gasteiger partial charge is 0.361 e. The molecular formula is C13H16N2O. The topological polar surface area (TPSA) is 40.3 Å². The van der Waals surface area contributed by atoms with Gasteiger partial charge in [0.15, 0.2) is 0 Å². The Bertz CT molecular complexity index is 491. The minimum Gasteiger partial charge on any atom is -0.361 e. The van der Waals surface area contributed by atoms with E-state index >= 15 is 0 Å². The number of epoxide rings is 1. The Morgan fingerprint density at radius 2 is 2.19 bits per heavy atom. The van der Waals surface area contributed by atoms with E-state index in [4.69, 9.17) is 4.74 Å². The quantitative estimate of drug-likeness (QED) is 0.768. The molecule has 3 nitrogen and oxygen atoms in total. The van der Waals surface area contributed by atoms with Gasteiger partial charge in [-0.25, -0.2) is 0 Å². The van der Waals surface area contributed by atoms with E-state index in [2.05, 4.69) is 47.7 Å². The van der Waals surface area contributed by atoms with Crippen molar-refractivity contribution >= 4 is 10.9 Å². The van der Waals surface area contributed by atoms with Crippen LogP contribution in [0.1, 0.15) is 12.5 Å². The van der Waals surface area contributed by atoms with Gasteiger partial charge in [0.05, 0.1) is 6.10 Å². The number of nitrogens with one attached hydrogen (secondary N) is 2. The SMILES string of the molecule is CC1OC1NCCc1c[nH]c2ccccc12. The average molecular weight is 216 g/mol. The van der Waals surface area contributed by atoms with Crippen molar-refractivity contribution in [2.45, 2.75) is 25.7 Å². The maximum absolute atomic E-state index is 5.30. The number of H-pyrrole nitrogens is 1. The van der Waals surface area contributed by atoms with Crippen LogP contribution < -0.4 is 5.32 Å². The number of para-hydroxylation sites is 1. The van der Waals surface area contributed by atoms with Crippen molar-refractivity contribution in [2.24, 2.45) is 0 Å². The molecule has 2 N–H and O–H groups in total. The Labute approximate surface area is 94.8 Å². The molecule has 0 spiro atoms. The molecular weight excluding hydrogens is 200 g/mol. The molecule has 3 heteroatoms. The number of aromatic nitrogens is 1. The second-order valence-electron chi connectivity index (χ2n) is 4.33. The van der Waals surface area contributed by atoms with Gasteiger partial charge in [-0.1, -0.05) is 18.2 Å². The third-order valence-corrected chi connectivity index (χ3v) is 3.13. The molecule has 84 valence electrons. The van der Waals surface area contributed by atoms with Crippen LogP contribution in [0, 0.1) is 0 Å². The van der Waals surface area contributed by atoms with E-state index in [0.717, 1.165) is 13.0 Å². The first-order chi connectivity index (χ1) is 7.84. The average Bonchev–Trinajstić information content (AvgIpc) is 2.86. The maximum Gasteiger partial charge on any atom is 0.134 e. The minimum absolute atomic E-state index is 0.283. The van der Waals surface area contributed by atoms with E-state index in [0.29, 0.717) is 6.10 Å². The summed E-state index contributed by atoms with van der Waals surface area (Å²) in [5.41, 5.74) is 2.59. The molecule has 2 unspecified atom stereocenters. The lowest BCUT2D eigenvalue weighted by Gasteiger charge is -2.00. The number of fused-ring (bicyclic) bond motifs is 1. The highest BCUT2D eigenvalue weighted by Crippen LogP contribution is 2.19. The summed E-state index contributed by atoms with van der Waals surface area (Å²) in [4.78, 5) is 3.29. The molecule has 1 aliphatic rings. The fourth-order valence-corrected chi connectivity index (χ4v) is 2.09. The van der Waals surface area contributed by atoms with Crippen LogP contribution in [0.3, 0.4) is 0 Å². The summed E-state index contributed by atoms with van der Waals surface area (Å²) in [7, 11) is 0. The third-order valence-electron chi connectivity index (χ3n) is 3.13. The second kappa shape index (κ2) is 3.92. The summed E-state index contributed by atoms with van der Waals surface area (Å²) in [6, 6.07) is 8.41. The van der Waals surface area contributed by atoms with E-state index in [1.54, 1.807) is 0 Å². The van der Waals surface area contributed by atoms with Gasteiger partial charge < -0.3 is 9.72 Å². The number of ether oxygens (including phenoxy) is 1. The highest BCUT2D eigenvalue weighted by Gasteiger charge is 2.33. The van der Waals surface area contributed by atoms with Crippen LogP contribution in [-0.4, -0.2) is 23.9 Å². The monoisotopic (exact) mass is 216 g/mol. The molecule has 1 saturated heterocycles. The Hall–Kier alpha value is -1.32. The van der Waals surface area contributed by atoms with Gasteiger partial charge in [-0.15, -0.1) is 0 Å². The van der Waals surface area contributed by atoms with E-state index in [1.807, 2.05) is 0 Å². The molecule has 0 aliphatic carbocycles. The van der Waals surface area contributed by atoms with Gasteiger partial charge in [-0.05, 0) is 25.0 Å². The Morgan fingerprint density at radius 3 is 3.00 bits per heavy atom. The lowest BCUT2D eigenvalue weighted by molar-refractivity contribution is 0.351. The molecule has 16 heavy (non-hydrogen) atoms. The summed E-state index contributed by atoms with van der Waals surface area (Å²) in [6.45, 7) is 3.06. The third kappa shape index (κ3) is 1.84. The van der Waals surface area contributed by atoms with Crippen LogP contribution in [0.4, 0.5) is 0 Å². The predicted molar refractivity (Wildman–Crippen MR) is 64.3 cm³/mol. The fourth-order valence-electron chi connectivity index (χ4n) is 2.09. The van der Waals surface area contributed by atoms with Gasteiger partial charge >= 0.3 is 0 Å². The first kappa shape index (κ1) is 9.87. The van der Waals surface area contributed by atoms with Crippen LogP contribution in [-0.2, 0) is 11.2 Å². The van der Waals surface area contributed by atoms with E-state index < -0.39 is 0 Å². The van der Waals surface area contributed by atoms with Gasteiger partial charge in [-0.2, -0.15) is 0 Å². The molecule has 2 heterocycles. The van der Waals surface area contributed by atoms with Crippen molar-refractivity contribution in [3.63, 3.8) is 0 Å². The van der Waals surface area contributed by atoms with E-state index in [-0.39, 0.29) is 6.23 Å². The van der Waals surface area contributed by atoms with Crippen LogP contribution >= 0.6 is 0 Å². The van der Waals surface area contributed by atoms with Gasteiger partial charge in [0, 0.05) is 23.6 Å². The highest BCUT2D eigenvalue weighted by atomic mass is 16.6. The fraction of sp³-hybridized carbons (Fsp3) is 0.385. The number of hydrogen-bond donors (Lipinski definition) is 2. The molecule has 1 aromatic heterocycles. The van der Waals surface area contributed by atoms with Crippen LogP contribution in [0.25, 0.3) is 10.9 Å². The molecule has 0 amide bonds. The molecule has 3 rings (SSSR count). The Kier molecular flexibility index (Phi) is 2.42. The summed E-state index contributed by atoms with van der Waals surface area (Å²) < 4.78 is 5.30. The molecule has 1 aromatic carbocycles. The number of aromatic amines is 1. The van der Waals surface area contributed by atoms with E-state index in [9.17, 15) is 0 Å². The predicted octanol–water partition coefficient (Wildman–Crippen LogP) is 2.04. The molecule has 1 fully saturated rings. The van der Waals surface area contributed by atoms with Gasteiger partial charge in [-0.3, -0.25) is 5.32 Å². The first-order valence-corrected chi connectivity index (χ1v) is 5.78. The molecule has 0 bridgehead atoms. The number of rotatable bonds is 4. The van der Waals surface area contributed by atoms with Crippen molar-refractivity contribution in [2.75, 3.05) is 6.54 Å². The molecule has 1 aliphatic heterocycles. The Balaban J connectivity index is 1.65. The van der Waals surface area contributed by atoms with Crippen LogP contribution in [0.15, 0.2) is 30.5 Å². The minimum atomic E-state index is 0.283. The smallest absolute Gasteiger partial charge is 0.134 e. The number of hydrogen-bond acceptors (Lipinski definition) is 2. The van der Waals surface area contributed by atoms with Crippen LogP contribution in [0.2, 0.25) is 0 Å². The Morgan fingerprint density at radius 1 is 1.38 bits per heavy atom. The lowest BCUT2D eigenvalue weighted by atomic mass is 10.1.